The van der Waals surface area contributed by atoms with E-state index in [4.69, 9.17) is 4.52 Å². The summed E-state index contributed by atoms with van der Waals surface area (Å²) in [4.78, 5) is 19.0. The van der Waals surface area contributed by atoms with E-state index >= 15 is 0 Å². The van der Waals surface area contributed by atoms with E-state index in [9.17, 15) is 10.1 Å². The van der Waals surface area contributed by atoms with E-state index in [1.807, 2.05) is 14.1 Å². The zero-order valence-corrected chi connectivity index (χ0v) is 13.2. The van der Waals surface area contributed by atoms with Crippen LogP contribution in [0.15, 0.2) is 16.0 Å². The Morgan fingerprint density at radius 1 is 1.45 bits per heavy atom. The molecular formula is C13H17N5O3S. The average Bonchev–Trinajstić information content (AvgIpc) is 3.17. The third-order valence-corrected chi connectivity index (χ3v) is 4.75. The second kappa shape index (κ2) is 5.91. The molecule has 0 bridgehead atoms. The van der Waals surface area contributed by atoms with Crippen molar-refractivity contribution >= 4 is 28.0 Å². The van der Waals surface area contributed by atoms with Crippen LogP contribution in [0.5, 0.6) is 0 Å². The maximum atomic E-state index is 11.0. The summed E-state index contributed by atoms with van der Waals surface area (Å²) in [5.41, 5.74) is 0.191. The Labute approximate surface area is 131 Å². The average molecular weight is 323 g/mol. The van der Waals surface area contributed by atoms with Crippen LogP contribution >= 0.6 is 11.3 Å². The minimum atomic E-state index is -0.320. The van der Waals surface area contributed by atoms with Crippen molar-refractivity contribution in [3.05, 3.63) is 27.5 Å². The van der Waals surface area contributed by atoms with Crippen molar-refractivity contribution < 1.29 is 9.45 Å². The minimum absolute atomic E-state index is 0.191. The summed E-state index contributed by atoms with van der Waals surface area (Å²) in [5, 5.41) is 17.5. The van der Waals surface area contributed by atoms with Crippen molar-refractivity contribution in [3.63, 3.8) is 0 Å². The van der Waals surface area contributed by atoms with Crippen molar-refractivity contribution in [2.24, 2.45) is 0 Å². The normalized spacial score (nSPS) is 16.0. The van der Waals surface area contributed by atoms with E-state index in [1.54, 1.807) is 16.3 Å². The third kappa shape index (κ3) is 2.76. The fourth-order valence-corrected chi connectivity index (χ4v) is 3.49. The Morgan fingerprint density at radius 2 is 2.18 bits per heavy atom. The molecule has 118 valence electrons. The molecule has 2 aromatic rings. The van der Waals surface area contributed by atoms with Crippen LogP contribution in [0.25, 0.3) is 0 Å². The van der Waals surface area contributed by atoms with E-state index in [-0.39, 0.29) is 16.5 Å². The van der Waals surface area contributed by atoms with Gasteiger partial charge < -0.3 is 14.3 Å². The highest BCUT2D eigenvalue weighted by Gasteiger charge is 2.29. The molecule has 8 nitrogen and oxygen atoms in total. The van der Waals surface area contributed by atoms with Crippen molar-refractivity contribution in [3.8, 4) is 0 Å². The molecule has 1 aliphatic rings. The summed E-state index contributed by atoms with van der Waals surface area (Å²) < 4.78 is 5.33. The highest BCUT2D eigenvalue weighted by molar-refractivity contribution is 7.14. The van der Waals surface area contributed by atoms with Crippen LogP contribution in [0.3, 0.4) is 0 Å². The van der Waals surface area contributed by atoms with E-state index in [0.717, 1.165) is 30.9 Å². The van der Waals surface area contributed by atoms with Crippen LogP contribution < -0.4 is 9.80 Å². The molecule has 0 amide bonds. The summed E-state index contributed by atoms with van der Waals surface area (Å²) in [6.07, 6.45) is 1.70. The van der Waals surface area contributed by atoms with Gasteiger partial charge in [-0.2, -0.15) is 4.98 Å². The van der Waals surface area contributed by atoms with Gasteiger partial charge in [0, 0.05) is 39.2 Å². The number of nitro groups is 1. The first-order valence-electron chi connectivity index (χ1n) is 7.04. The molecule has 0 N–H and O–H groups in total. The van der Waals surface area contributed by atoms with Gasteiger partial charge >= 0.3 is 5.69 Å². The van der Waals surface area contributed by atoms with Gasteiger partial charge in [0.15, 0.2) is 5.00 Å². The lowest BCUT2D eigenvalue weighted by Crippen LogP contribution is -2.32. The monoisotopic (exact) mass is 323 g/mol. The molecule has 1 saturated heterocycles. The van der Waals surface area contributed by atoms with Crippen LogP contribution in [-0.2, 0) is 0 Å². The number of hydrogen-bond acceptors (Lipinski definition) is 8. The highest BCUT2D eigenvalue weighted by Crippen LogP contribution is 2.38. The fraction of sp³-hybridized carbons (Fsp3) is 0.538. The maximum Gasteiger partial charge on any atom is 0.303 e. The van der Waals surface area contributed by atoms with Gasteiger partial charge in [0.05, 0.1) is 4.92 Å². The number of aromatic nitrogens is 2. The standard InChI is InChI=1S/C13H17N5O3S/c1-16(2)13-14-11(21-15-13)9-3-6-17(7-4-9)12-10(18(19)20)5-8-22-12/h5,8-9H,3-4,6-7H2,1-2H3. The van der Waals surface area contributed by atoms with Crippen molar-refractivity contribution in [1.82, 2.24) is 10.1 Å². The fourth-order valence-electron chi connectivity index (χ4n) is 2.57. The largest absolute Gasteiger partial charge is 0.358 e. The summed E-state index contributed by atoms with van der Waals surface area (Å²) in [5.74, 6) is 1.45. The molecule has 0 aromatic carbocycles. The van der Waals surface area contributed by atoms with Gasteiger partial charge in [-0.15, -0.1) is 11.3 Å². The predicted octanol–water partition coefficient (Wildman–Crippen LogP) is 2.49. The zero-order chi connectivity index (χ0) is 15.7. The van der Waals surface area contributed by atoms with Crippen LogP contribution in [0.4, 0.5) is 16.6 Å². The lowest BCUT2D eigenvalue weighted by atomic mass is 9.97. The molecule has 0 aliphatic carbocycles. The molecule has 3 heterocycles. The SMILES string of the molecule is CN(C)c1noc(C2CCN(c3sccc3[N+](=O)[O-])CC2)n1. The molecule has 0 saturated carbocycles. The van der Waals surface area contributed by atoms with Crippen LogP contribution in [0.2, 0.25) is 0 Å². The molecule has 3 rings (SSSR count). The highest BCUT2D eigenvalue weighted by atomic mass is 32.1. The molecule has 2 aromatic heterocycles. The Bertz CT molecular complexity index is 660. The van der Waals surface area contributed by atoms with E-state index in [0.29, 0.717) is 11.8 Å². The second-order valence-electron chi connectivity index (χ2n) is 5.46. The van der Waals surface area contributed by atoms with Crippen molar-refractivity contribution in [2.45, 2.75) is 18.8 Å². The number of thiophene rings is 1. The summed E-state index contributed by atoms with van der Waals surface area (Å²) in [6, 6.07) is 1.56. The first-order chi connectivity index (χ1) is 10.6. The quantitative estimate of drug-likeness (QED) is 0.631. The molecule has 9 heteroatoms. The topological polar surface area (TPSA) is 88.5 Å². The molecule has 0 radical (unpaired) electrons. The number of hydrogen-bond donors (Lipinski definition) is 0. The number of rotatable bonds is 4. The van der Waals surface area contributed by atoms with Crippen molar-refractivity contribution in [1.29, 1.82) is 0 Å². The molecule has 0 atom stereocenters. The molecule has 0 unspecified atom stereocenters. The van der Waals surface area contributed by atoms with Gasteiger partial charge in [0.1, 0.15) is 0 Å². The Kier molecular flexibility index (Phi) is 3.97. The molecule has 22 heavy (non-hydrogen) atoms. The molecule has 0 spiro atoms. The van der Waals surface area contributed by atoms with Gasteiger partial charge in [-0.1, -0.05) is 0 Å². The predicted molar refractivity (Wildman–Crippen MR) is 83.8 cm³/mol. The van der Waals surface area contributed by atoms with Crippen molar-refractivity contribution in [2.75, 3.05) is 37.0 Å². The van der Waals surface area contributed by atoms with Crippen LogP contribution in [0.1, 0.15) is 24.7 Å². The first kappa shape index (κ1) is 14.8. The van der Waals surface area contributed by atoms with Gasteiger partial charge in [0.25, 0.3) is 5.95 Å². The van der Waals surface area contributed by atoms with Crippen LogP contribution in [-0.4, -0.2) is 42.2 Å². The van der Waals surface area contributed by atoms with Gasteiger partial charge in [-0.3, -0.25) is 10.1 Å². The Hall–Kier alpha value is -2.16. The Morgan fingerprint density at radius 3 is 2.77 bits per heavy atom. The van der Waals surface area contributed by atoms with Gasteiger partial charge in [-0.25, -0.2) is 0 Å². The lowest BCUT2D eigenvalue weighted by Gasteiger charge is -2.30. The number of nitrogens with zero attached hydrogens (tertiary/aromatic N) is 5. The summed E-state index contributed by atoms with van der Waals surface area (Å²) >= 11 is 1.42. The van der Waals surface area contributed by atoms with Crippen LogP contribution in [0, 0.1) is 10.1 Å². The summed E-state index contributed by atoms with van der Waals surface area (Å²) in [7, 11) is 3.74. The van der Waals surface area contributed by atoms with Gasteiger partial charge in [-0.05, 0) is 23.4 Å². The zero-order valence-electron chi connectivity index (χ0n) is 12.4. The smallest absolute Gasteiger partial charge is 0.303 e. The Balaban J connectivity index is 1.67. The summed E-state index contributed by atoms with van der Waals surface area (Å²) in [6.45, 7) is 1.51. The lowest BCUT2D eigenvalue weighted by molar-refractivity contribution is -0.383. The molecule has 1 fully saturated rings. The van der Waals surface area contributed by atoms with Gasteiger partial charge in [0.2, 0.25) is 5.89 Å². The number of piperidine rings is 1. The van der Waals surface area contributed by atoms with E-state index in [1.165, 1.54) is 11.3 Å². The maximum absolute atomic E-state index is 11.0. The van der Waals surface area contributed by atoms with E-state index < -0.39 is 0 Å². The number of anilines is 2. The first-order valence-corrected chi connectivity index (χ1v) is 7.92. The van der Waals surface area contributed by atoms with E-state index in [2.05, 4.69) is 15.0 Å². The molecular weight excluding hydrogens is 306 g/mol. The second-order valence-corrected chi connectivity index (χ2v) is 6.35. The third-order valence-electron chi connectivity index (χ3n) is 3.78. The minimum Gasteiger partial charge on any atom is -0.358 e. The molecule has 1 aliphatic heterocycles.